The van der Waals surface area contributed by atoms with Gasteiger partial charge in [-0.25, -0.2) is 4.79 Å². The number of aryl methyl sites for hydroxylation is 2. The number of nitrogens with zero attached hydrogens (tertiary/aromatic N) is 2. The molecule has 0 aliphatic carbocycles. The highest BCUT2D eigenvalue weighted by Gasteiger charge is 2.36. The standard InChI is InChI=1S/C18H26N2O2/c1-5-19(6-2)18(22)20-11-7-8-16(20)17(21)15-12-13(3)9-10-14(15)4/h9-10,12,16H,5-8,11H2,1-4H3. The van der Waals surface area contributed by atoms with Crippen LogP contribution in [-0.4, -0.2) is 47.3 Å². The lowest BCUT2D eigenvalue weighted by molar-refractivity contribution is 0.0861. The van der Waals surface area contributed by atoms with Gasteiger partial charge in [0.05, 0.1) is 6.04 Å². The molecule has 0 spiro atoms. The highest BCUT2D eigenvalue weighted by atomic mass is 16.2. The molecule has 2 amide bonds. The molecule has 1 aliphatic rings. The van der Waals surface area contributed by atoms with E-state index in [1.54, 1.807) is 9.80 Å². The van der Waals surface area contributed by atoms with Crippen molar-refractivity contribution in [2.24, 2.45) is 0 Å². The number of benzene rings is 1. The van der Waals surface area contributed by atoms with Crippen molar-refractivity contribution in [3.63, 3.8) is 0 Å². The van der Waals surface area contributed by atoms with Crippen LogP contribution in [0.4, 0.5) is 4.79 Å². The molecule has 22 heavy (non-hydrogen) atoms. The Hall–Kier alpha value is -1.84. The first kappa shape index (κ1) is 16.5. The molecule has 4 heteroatoms. The van der Waals surface area contributed by atoms with E-state index in [9.17, 15) is 9.59 Å². The number of carbonyl (C=O) groups is 2. The maximum Gasteiger partial charge on any atom is 0.320 e. The van der Waals surface area contributed by atoms with Crippen molar-refractivity contribution in [1.29, 1.82) is 0 Å². The highest BCUT2D eigenvalue weighted by molar-refractivity contribution is 6.03. The number of ketones is 1. The van der Waals surface area contributed by atoms with E-state index < -0.39 is 0 Å². The minimum Gasteiger partial charge on any atom is -0.325 e. The molecular weight excluding hydrogens is 276 g/mol. The van der Waals surface area contributed by atoms with E-state index in [0.717, 1.165) is 29.5 Å². The molecule has 1 heterocycles. The van der Waals surface area contributed by atoms with Crippen molar-refractivity contribution in [3.05, 3.63) is 34.9 Å². The van der Waals surface area contributed by atoms with Crippen LogP contribution in [0.5, 0.6) is 0 Å². The number of urea groups is 1. The fourth-order valence-corrected chi connectivity index (χ4v) is 3.12. The molecular formula is C18H26N2O2. The summed E-state index contributed by atoms with van der Waals surface area (Å²) in [5, 5.41) is 0. The predicted octanol–water partition coefficient (Wildman–Crippen LogP) is 3.41. The average Bonchev–Trinajstić information content (AvgIpc) is 2.99. The molecule has 1 saturated heterocycles. The van der Waals surface area contributed by atoms with Gasteiger partial charge >= 0.3 is 6.03 Å². The summed E-state index contributed by atoms with van der Waals surface area (Å²) in [6.45, 7) is 9.92. The fourth-order valence-electron chi connectivity index (χ4n) is 3.12. The van der Waals surface area contributed by atoms with Crippen molar-refractivity contribution in [2.45, 2.75) is 46.6 Å². The zero-order valence-corrected chi connectivity index (χ0v) is 14.1. The predicted molar refractivity (Wildman–Crippen MR) is 88.3 cm³/mol. The molecule has 1 aromatic rings. The summed E-state index contributed by atoms with van der Waals surface area (Å²) in [4.78, 5) is 29.1. The van der Waals surface area contributed by atoms with E-state index in [1.165, 1.54) is 0 Å². The number of amides is 2. The third-order valence-electron chi connectivity index (χ3n) is 4.49. The van der Waals surface area contributed by atoms with Gasteiger partial charge in [0.2, 0.25) is 0 Å². The smallest absolute Gasteiger partial charge is 0.320 e. The molecule has 1 aromatic carbocycles. The monoisotopic (exact) mass is 302 g/mol. The quantitative estimate of drug-likeness (QED) is 0.800. The van der Waals surface area contributed by atoms with Crippen molar-refractivity contribution < 1.29 is 9.59 Å². The molecule has 2 rings (SSSR count). The maximum atomic E-state index is 12.9. The second-order valence-corrected chi connectivity index (χ2v) is 5.99. The summed E-state index contributed by atoms with van der Waals surface area (Å²) in [7, 11) is 0. The topological polar surface area (TPSA) is 40.6 Å². The van der Waals surface area contributed by atoms with Gasteiger partial charge in [-0.15, -0.1) is 0 Å². The first-order valence-corrected chi connectivity index (χ1v) is 8.16. The molecule has 1 fully saturated rings. The summed E-state index contributed by atoms with van der Waals surface area (Å²) in [5.74, 6) is 0.0826. The van der Waals surface area contributed by atoms with Crippen LogP contribution in [0.3, 0.4) is 0 Å². The summed E-state index contributed by atoms with van der Waals surface area (Å²) in [5.41, 5.74) is 2.82. The van der Waals surface area contributed by atoms with Crippen molar-refractivity contribution in [1.82, 2.24) is 9.80 Å². The summed E-state index contributed by atoms with van der Waals surface area (Å²) < 4.78 is 0. The molecule has 0 bridgehead atoms. The molecule has 1 aliphatic heterocycles. The maximum absolute atomic E-state index is 12.9. The third kappa shape index (κ3) is 3.16. The van der Waals surface area contributed by atoms with Gasteiger partial charge in [0, 0.05) is 25.2 Å². The van der Waals surface area contributed by atoms with Crippen LogP contribution < -0.4 is 0 Å². The molecule has 0 saturated carbocycles. The Bertz CT molecular complexity index is 564. The second-order valence-electron chi connectivity index (χ2n) is 5.99. The lowest BCUT2D eigenvalue weighted by Gasteiger charge is -2.30. The minimum atomic E-state index is -0.311. The molecule has 0 N–H and O–H groups in total. The molecule has 0 radical (unpaired) electrons. The van der Waals surface area contributed by atoms with Crippen LogP contribution >= 0.6 is 0 Å². The van der Waals surface area contributed by atoms with Gasteiger partial charge in [0.25, 0.3) is 0 Å². The first-order valence-electron chi connectivity index (χ1n) is 8.16. The van der Waals surface area contributed by atoms with Crippen molar-refractivity contribution >= 4 is 11.8 Å². The van der Waals surface area contributed by atoms with Crippen molar-refractivity contribution in [3.8, 4) is 0 Å². The SMILES string of the molecule is CCN(CC)C(=O)N1CCCC1C(=O)c1cc(C)ccc1C. The number of carbonyl (C=O) groups excluding carboxylic acids is 2. The Morgan fingerprint density at radius 1 is 1.23 bits per heavy atom. The van der Waals surface area contributed by atoms with Gasteiger partial charge in [-0.1, -0.05) is 17.7 Å². The van der Waals surface area contributed by atoms with Gasteiger partial charge in [-0.2, -0.15) is 0 Å². The van der Waals surface area contributed by atoms with Crippen molar-refractivity contribution in [2.75, 3.05) is 19.6 Å². The van der Waals surface area contributed by atoms with Crippen LogP contribution in [0.25, 0.3) is 0 Å². The van der Waals surface area contributed by atoms with Crippen LogP contribution in [0.2, 0.25) is 0 Å². The van der Waals surface area contributed by atoms with E-state index in [2.05, 4.69) is 0 Å². The molecule has 4 nitrogen and oxygen atoms in total. The van der Waals surface area contributed by atoms with Gasteiger partial charge in [-0.05, 0) is 52.2 Å². The molecule has 120 valence electrons. The number of Topliss-reactive ketones (excluding diaryl/α,β-unsaturated/α-hetero) is 1. The van der Waals surface area contributed by atoms with Gasteiger partial charge in [-0.3, -0.25) is 4.79 Å². The Morgan fingerprint density at radius 3 is 2.55 bits per heavy atom. The van der Waals surface area contributed by atoms with E-state index in [0.29, 0.717) is 19.6 Å². The minimum absolute atomic E-state index is 0.00819. The summed E-state index contributed by atoms with van der Waals surface area (Å²) >= 11 is 0. The lowest BCUT2D eigenvalue weighted by Crippen LogP contribution is -2.48. The zero-order chi connectivity index (χ0) is 16.3. The van der Waals surface area contributed by atoms with E-state index in [1.807, 2.05) is 45.9 Å². The van der Waals surface area contributed by atoms with Gasteiger partial charge in [0.15, 0.2) is 5.78 Å². The van der Waals surface area contributed by atoms with Gasteiger partial charge in [0.1, 0.15) is 0 Å². The fraction of sp³-hybridized carbons (Fsp3) is 0.556. The Balaban J connectivity index is 2.25. The Kier molecular flexibility index (Phi) is 5.22. The Labute approximate surface area is 133 Å². The van der Waals surface area contributed by atoms with Crippen LogP contribution in [0.1, 0.15) is 48.2 Å². The number of hydrogen-bond acceptors (Lipinski definition) is 2. The average molecular weight is 302 g/mol. The second kappa shape index (κ2) is 6.95. The number of hydrogen-bond donors (Lipinski definition) is 0. The molecule has 1 unspecified atom stereocenters. The molecule has 1 atom stereocenters. The number of rotatable bonds is 4. The van der Waals surface area contributed by atoms with E-state index in [4.69, 9.17) is 0 Å². The zero-order valence-electron chi connectivity index (χ0n) is 14.1. The summed E-state index contributed by atoms with van der Waals surface area (Å²) in [6, 6.07) is 5.61. The molecule has 0 aromatic heterocycles. The van der Waals surface area contributed by atoms with Crippen LogP contribution in [0, 0.1) is 13.8 Å². The first-order chi connectivity index (χ1) is 10.5. The third-order valence-corrected chi connectivity index (χ3v) is 4.49. The van der Waals surface area contributed by atoms with E-state index >= 15 is 0 Å². The Morgan fingerprint density at radius 2 is 1.91 bits per heavy atom. The van der Waals surface area contributed by atoms with Gasteiger partial charge < -0.3 is 9.80 Å². The lowest BCUT2D eigenvalue weighted by atomic mass is 9.96. The normalized spacial score (nSPS) is 17.6. The van der Waals surface area contributed by atoms with Crippen LogP contribution in [-0.2, 0) is 0 Å². The van der Waals surface area contributed by atoms with E-state index in [-0.39, 0.29) is 17.9 Å². The van der Waals surface area contributed by atoms with Crippen LogP contribution in [0.15, 0.2) is 18.2 Å². The number of likely N-dealkylation sites (tertiary alicyclic amines) is 1. The largest absolute Gasteiger partial charge is 0.325 e. The summed E-state index contributed by atoms with van der Waals surface area (Å²) in [6.07, 6.45) is 1.66. The highest BCUT2D eigenvalue weighted by Crippen LogP contribution is 2.24.